The van der Waals surface area contributed by atoms with E-state index in [1.807, 2.05) is 44.2 Å². The number of hydrogen-bond donors (Lipinski definition) is 1. The summed E-state index contributed by atoms with van der Waals surface area (Å²) in [5, 5.41) is 0.773. The molecule has 29 heavy (non-hydrogen) atoms. The van der Waals surface area contributed by atoms with Crippen LogP contribution in [0, 0.1) is 6.92 Å². The largest absolute Gasteiger partial charge is 0.489 e. The lowest BCUT2D eigenvalue weighted by molar-refractivity contribution is 0.103. The van der Waals surface area contributed by atoms with Crippen LogP contribution in [0.3, 0.4) is 0 Å². The van der Waals surface area contributed by atoms with Crippen molar-refractivity contribution in [3.63, 3.8) is 0 Å². The summed E-state index contributed by atoms with van der Waals surface area (Å²) in [6, 6.07) is 14.8. The van der Waals surface area contributed by atoms with E-state index in [1.54, 1.807) is 30.6 Å². The first kappa shape index (κ1) is 18.7. The van der Waals surface area contributed by atoms with Crippen LogP contribution in [0.25, 0.3) is 11.0 Å². The van der Waals surface area contributed by atoms with Gasteiger partial charge in [0.25, 0.3) is 0 Å². The Labute approximate surface area is 168 Å². The van der Waals surface area contributed by atoms with Crippen molar-refractivity contribution in [3.05, 3.63) is 83.4 Å². The van der Waals surface area contributed by atoms with Crippen molar-refractivity contribution in [1.29, 1.82) is 0 Å². The molecular weight excluding hydrogens is 366 g/mol. The molecule has 3 aromatic heterocycles. The Bertz CT molecular complexity index is 1170. The fourth-order valence-corrected chi connectivity index (χ4v) is 3.22. The molecule has 0 unspecified atom stereocenters. The molecule has 3 heterocycles. The number of aryl methyl sites for hydroxylation is 1. The van der Waals surface area contributed by atoms with Gasteiger partial charge in [-0.3, -0.25) is 9.78 Å². The van der Waals surface area contributed by atoms with Crippen molar-refractivity contribution < 1.29 is 14.3 Å². The molecule has 1 N–H and O–H groups in total. The summed E-state index contributed by atoms with van der Waals surface area (Å²) >= 11 is 0. The van der Waals surface area contributed by atoms with Crippen LogP contribution in [-0.2, 0) is 6.61 Å². The molecule has 0 spiro atoms. The maximum Gasteiger partial charge on any atom is 0.199 e. The van der Waals surface area contributed by atoms with Gasteiger partial charge in [-0.1, -0.05) is 12.1 Å². The number of ketones is 1. The second kappa shape index (κ2) is 8.14. The highest BCUT2D eigenvalue weighted by molar-refractivity contribution is 6.17. The van der Waals surface area contributed by atoms with E-state index in [0.717, 1.165) is 16.8 Å². The molecule has 0 amide bonds. The van der Waals surface area contributed by atoms with Crippen molar-refractivity contribution in [1.82, 2.24) is 15.0 Å². The number of H-pyrrole nitrogens is 1. The van der Waals surface area contributed by atoms with Gasteiger partial charge in [-0.05, 0) is 50.2 Å². The summed E-state index contributed by atoms with van der Waals surface area (Å²) in [5.41, 5.74) is 3.41. The highest BCUT2D eigenvalue weighted by atomic mass is 16.5. The molecule has 0 aliphatic carbocycles. The molecule has 0 saturated carbocycles. The SMILES string of the molecule is CCOc1c(OCc2cccc(C)n2)cccc1C(=O)c1c[nH]c2ncccc12. The lowest BCUT2D eigenvalue weighted by Crippen LogP contribution is -2.08. The third-order valence-electron chi connectivity index (χ3n) is 4.53. The van der Waals surface area contributed by atoms with E-state index >= 15 is 0 Å². The van der Waals surface area contributed by atoms with E-state index < -0.39 is 0 Å². The number of carbonyl (C=O) groups excluding carboxylic acids is 1. The van der Waals surface area contributed by atoms with Gasteiger partial charge < -0.3 is 14.5 Å². The number of nitrogens with one attached hydrogen (secondary N) is 1. The molecule has 1 aromatic carbocycles. The highest BCUT2D eigenvalue weighted by Crippen LogP contribution is 2.34. The Morgan fingerprint density at radius 3 is 2.72 bits per heavy atom. The van der Waals surface area contributed by atoms with Gasteiger partial charge in [0, 0.05) is 29.0 Å². The number of rotatable bonds is 7. The molecule has 4 aromatic rings. The van der Waals surface area contributed by atoms with Crippen LogP contribution in [0.2, 0.25) is 0 Å². The van der Waals surface area contributed by atoms with E-state index in [4.69, 9.17) is 9.47 Å². The summed E-state index contributed by atoms with van der Waals surface area (Å²) in [6.45, 7) is 4.52. The molecule has 0 aliphatic rings. The molecule has 6 nitrogen and oxygen atoms in total. The van der Waals surface area contributed by atoms with Gasteiger partial charge in [-0.25, -0.2) is 4.98 Å². The number of hydrogen-bond acceptors (Lipinski definition) is 5. The second-order valence-electron chi connectivity index (χ2n) is 6.56. The Hall–Kier alpha value is -3.67. The smallest absolute Gasteiger partial charge is 0.199 e. The predicted molar refractivity (Wildman–Crippen MR) is 110 cm³/mol. The fraction of sp³-hybridized carbons (Fsp3) is 0.174. The summed E-state index contributed by atoms with van der Waals surface area (Å²) in [4.78, 5) is 25.0. The van der Waals surface area contributed by atoms with Crippen molar-refractivity contribution >= 4 is 16.8 Å². The van der Waals surface area contributed by atoms with Crippen molar-refractivity contribution in [2.75, 3.05) is 6.61 Å². The number of nitrogens with zero attached hydrogens (tertiary/aromatic N) is 2. The van der Waals surface area contributed by atoms with E-state index in [0.29, 0.717) is 34.9 Å². The third-order valence-corrected chi connectivity index (χ3v) is 4.53. The molecule has 0 aliphatic heterocycles. The first-order valence-electron chi connectivity index (χ1n) is 9.45. The number of para-hydroxylation sites is 1. The summed E-state index contributed by atoms with van der Waals surface area (Å²) in [6.07, 6.45) is 3.37. The molecule has 0 fully saturated rings. The van der Waals surface area contributed by atoms with Gasteiger partial charge in [-0.2, -0.15) is 0 Å². The molecule has 4 rings (SSSR count). The van der Waals surface area contributed by atoms with Gasteiger partial charge in [0.1, 0.15) is 12.3 Å². The lowest BCUT2D eigenvalue weighted by atomic mass is 10.0. The van der Waals surface area contributed by atoms with Gasteiger partial charge >= 0.3 is 0 Å². The van der Waals surface area contributed by atoms with Crippen LogP contribution < -0.4 is 9.47 Å². The predicted octanol–water partition coefficient (Wildman–Crippen LogP) is 4.48. The minimum Gasteiger partial charge on any atom is -0.489 e. The zero-order valence-electron chi connectivity index (χ0n) is 16.3. The van der Waals surface area contributed by atoms with Crippen molar-refractivity contribution in [3.8, 4) is 11.5 Å². The Morgan fingerprint density at radius 2 is 1.90 bits per heavy atom. The van der Waals surface area contributed by atoms with Gasteiger partial charge in [0.15, 0.2) is 17.3 Å². The number of ether oxygens (including phenoxy) is 2. The van der Waals surface area contributed by atoms with Gasteiger partial charge in [0.05, 0.1) is 17.9 Å². The van der Waals surface area contributed by atoms with Gasteiger partial charge in [-0.15, -0.1) is 0 Å². The summed E-state index contributed by atoms with van der Waals surface area (Å²) in [7, 11) is 0. The van der Waals surface area contributed by atoms with E-state index in [1.165, 1.54) is 0 Å². The maximum atomic E-state index is 13.3. The molecule has 0 atom stereocenters. The summed E-state index contributed by atoms with van der Waals surface area (Å²) in [5.74, 6) is 0.802. The van der Waals surface area contributed by atoms with Crippen molar-refractivity contribution in [2.45, 2.75) is 20.5 Å². The number of aromatic nitrogens is 3. The first-order chi connectivity index (χ1) is 14.2. The molecular formula is C23H21N3O3. The number of carbonyl (C=O) groups is 1. The van der Waals surface area contributed by atoms with Crippen LogP contribution in [0.5, 0.6) is 11.5 Å². The monoisotopic (exact) mass is 387 g/mol. The van der Waals surface area contributed by atoms with E-state index in [-0.39, 0.29) is 12.4 Å². The minimum atomic E-state index is -0.146. The van der Waals surface area contributed by atoms with Crippen molar-refractivity contribution in [2.24, 2.45) is 0 Å². The molecule has 0 radical (unpaired) electrons. The topological polar surface area (TPSA) is 77.1 Å². The summed E-state index contributed by atoms with van der Waals surface area (Å²) < 4.78 is 11.8. The van der Waals surface area contributed by atoms with Crippen LogP contribution in [0.4, 0.5) is 0 Å². The van der Waals surface area contributed by atoms with Gasteiger partial charge in [0.2, 0.25) is 0 Å². The van der Waals surface area contributed by atoms with Crippen LogP contribution >= 0.6 is 0 Å². The average Bonchev–Trinajstić information content (AvgIpc) is 3.17. The molecule has 6 heteroatoms. The second-order valence-corrected chi connectivity index (χ2v) is 6.56. The minimum absolute atomic E-state index is 0.146. The highest BCUT2D eigenvalue weighted by Gasteiger charge is 2.21. The number of aromatic amines is 1. The number of fused-ring (bicyclic) bond motifs is 1. The third kappa shape index (κ3) is 3.82. The normalized spacial score (nSPS) is 10.8. The average molecular weight is 387 g/mol. The van der Waals surface area contributed by atoms with E-state index in [2.05, 4.69) is 15.0 Å². The Balaban J connectivity index is 1.68. The number of pyridine rings is 2. The first-order valence-corrected chi connectivity index (χ1v) is 9.45. The molecule has 0 bridgehead atoms. The Morgan fingerprint density at radius 1 is 1.03 bits per heavy atom. The van der Waals surface area contributed by atoms with Crippen LogP contribution in [-0.4, -0.2) is 27.3 Å². The molecule has 146 valence electrons. The zero-order valence-corrected chi connectivity index (χ0v) is 16.3. The zero-order chi connectivity index (χ0) is 20.2. The maximum absolute atomic E-state index is 13.3. The number of benzene rings is 1. The van der Waals surface area contributed by atoms with Crippen LogP contribution in [0.1, 0.15) is 34.2 Å². The molecule has 0 saturated heterocycles. The Kier molecular flexibility index (Phi) is 5.24. The van der Waals surface area contributed by atoms with Crippen LogP contribution in [0.15, 0.2) is 60.9 Å². The lowest BCUT2D eigenvalue weighted by Gasteiger charge is -2.15. The standard InChI is InChI=1S/C23H21N3O3/c1-3-28-22-18(21(27)19-13-25-23-17(19)10-6-12-24-23)9-5-11-20(22)29-14-16-8-4-7-15(2)26-16/h4-13H,3,14H2,1-2H3,(H,24,25). The quantitative estimate of drug-likeness (QED) is 0.473. The van der Waals surface area contributed by atoms with E-state index in [9.17, 15) is 4.79 Å². The fourth-order valence-electron chi connectivity index (χ4n) is 3.22.